The highest BCUT2D eigenvalue weighted by Gasteiger charge is 2.33. The fraction of sp³-hybridized carbons (Fsp3) is 0.500. The van der Waals surface area contributed by atoms with Crippen molar-refractivity contribution in [3.63, 3.8) is 0 Å². The molecule has 12 heteroatoms. The van der Waals surface area contributed by atoms with Crippen molar-refractivity contribution in [3.05, 3.63) is 36.2 Å². The van der Waals surface area contributed by atoms with E-state index < -0.39 is 10.0 Å². The molecule has 1 amide bonds. The summed E-state index contributed by atoms with van der Waals surface area (Å²) in [6, 6.07) is 5.89. The molecule has 0 N–H and O–H groups in total. The highest BCUT2D eigenvalue weighted by atomic mass is 32.2. The molecule has 0 unspecified atom stereocenters. The van der Waals surface area contributed by atoms with E-state index in [2.05, 4.69) is 10.00 Å². The zero-order valence-corrected chi connectivity index (χ0v) is 23.2. The molecular formula is C26H34N6O5S. The number of aryl methyl sites for hydroxylation is 1. The van der Waals surface area contributed by atoms with Gasteiger partial charge in [0, 0.05) is 63.2 Å². The van der Waals surface area contributed by atoms with Gasteiger partial charge in [-0.3, -0.25) is 4.79 Å². The Labute approximate surface area is 223 Å². The number of likely N-dealkylation sites (tertiary alicyclic amines) is 1. The second-order valence-electron chi connectivity index (χ2n) is 10.1. The number of anilines is 1. The Kier molecular flexibility index (Phi) is 6.95. The van der Waals surface area contributed by atoms with Crippen molar-refractivity contribution in [3.8, 4) is 22.9 Å². The van der Waals surface area contributed by atoms with Crippen LogP contribution in [-0.4, -0.2) is 97.4 Å². The van der Waals surface area contributed by atoms with Crippen molar-refractivity contribution in [2.75, 3.05) is 58.0 Å². The van der Waals surface area contributed by atoms with Crippen LogP contribution < -0.4 is 14.4 Å². The summed E-state index contributed by atoms with van der Waals surface area (Å²) >= 11 is 0. The van der Waals surface area contributed by atoms with E-state index in [1.54, 1.807) is 22.7 Å². The van der Waals surface area contributed by atoms with Gasteiger partial charge in [0.1, 0.15) is 17.4 Å². The van der Waals surface area contributed by atoms with Gasteiger partial charge in [-0.1, -0.05) is 6.07 Å². The number of benzene rings is 1. The van der Waals surface area contributed by atoms with Gasteiger partial charge in [-0.15, -0.1) is 0 Å². The van der Waals surface area contributed by atoms with Crippen molar-refractivity contribution in [2.24, 2.45) is 5.92 Å². The van der Waals surface area contributed by atoms with Crippen molar-refractivity contribution in [1.29, 1.82) is 0 Å². The molecule has 2 aliphatic rings. The van der Waals surface area contributed by atoms with Gasteiger partial charge in [-0.25, -0.2) is 17.9 Å². The minimum atomic E-state index is -3.20. The first-order valence-corrected chi connectivity index (χ1v) is 14.5. The molecule has 5 rings (SSSR count). The summed E-state index contributed by atoms with van der Waals surface area (Å²) in [5, 5.41) is 4.50. The van der Waals surface area contributed by atoms with Crippen LogP contribution in [0.25, 0.3) is 16.8 Å². The van der Waals surface area contributed by atoms with Crippen LogP contribution in [-0.2, 0) is 14.8 Å². The van der Waals surface area contributed by atoms with E-state index in [0.29, 0.717) is 56.5 Å². The number of amides is 1. The second kappa shape index (κ2) is 10.1. The molecule has 0 radical (unpaired) electrons. The van der Waals surface area contributed by atoms with Crippen LogP contribution in [0.2, 0.25) is 0 Å². The lowest BCUT2D eigenvalue weighted by atomic mass is 10.0. The van der Waals surface area contributed by atoms with Crippen LogP contribution in [0.5, 0.6) is 11.6 Å². The Morgan fingerprint density at radius 2 is 1.89 bits per heavy atom. The number of hydrogen-bond donors (Lipinski definition) is 0. The molecule has 2 aliphatic heterocycles. The van der Waals surface area contributed by atoms with Crippen LogP contribution in [0.4, 0.5) is 5.69 Å². The molecular weight excluding hydrogens is 508 g/mol. The zero-order chi connectivity index (χ0) is 27.2. The number of aromatic nitrogens is 3. The van der Waals surface area contributed by atoms with E-state index in [4.69, 9.17) is 14.5 Å². The van der Waals surface area contributed by atoms with Crippen LogP contribution in [0.3, 0.4) is 0 Å². The van der Waals surface area contributed by atoms with Crippen molar-refractivity contribution in [2.45, 2.75) is 26.4 Å². The highest BCUT2D eigenvalue weighted by Crippen LogP contribution is 2.35. The topological polar surface area (TPSA) is 110 Å². The number of nitrogens with zero attached hydrogens (tertiary/aromatic N) is 6. The standard InChI is InChI=1S/C26H34N6O5S/c1-17-14-27-32-16-21(28-26(25(17)32)37-18(2)20-13-24(33)29(3)15-20)19-6-7-22(23(12-19)36-4)30-8-10-31(11-9-30)38(5,34)35/h6-7,12,14,16,18,20H,8-11,13,15H2,1-5H3/t18-,20-/m1/s1. The summed E-state index contributed by atoms with van der Waals surface area (Å²) in [5.41, 5.74) is 4.16. The molecule has 0 spiro atoms. The van der Waals surface area contributed by atoms with Crippen LogP contribution >= 0.6 is 0 Å². The first-order chi connectivity index (χ1) is 18.0. The lowest BCUT2D eigenvalue weighted by Gasteiger charge is -2.35. The van der Waals surface area contributed by atoms with Crippen LogP contribution in [0.1, 0.15) is 18.9 Å². The van der Waals surface area contributed by atoms with Gasteiger partial charge in [0.15, 0.2) is 0 Å². The summed E-state index contributed by atoms with van der Waals surface area (Å²) in [6.07, 6.45) is 5.15. The highest BCUT2D eigenvalue weighted by molar-refractivity contribution is 7.88. The average Bonchev–Trinajstić information content (AvgIpc) is 3.44. The maximum atomic E-state index is 12.1. The van der Waals surface area contributed by atoms with Gasteiger partial charge in [-0.05, 0) is 26.0 Å². The zero-order valence-electron chi connectivity index (χ0n) is 22.4. The van der Waals surface area contributed by atoms with Crippen molar-refractivity contribution < 1.29 is 22.7 Å². The van der Waals surface area contributed by atoms with Gasteiger partial charge in [0.2, 0.25) is 21.8 Å². The number of hydrogen-bond acceptors (Lipinski definition) is 8. The van der Waals surface area contributed by atoms with Crippen molar-refractivity contribution >= 4 is 27.1 Å². The SMILES string of the molecule is COc1cc(-c2cn3ncc(C)c3c(O[C@H](C)[C@@H]3CC(=O)N(C)C3)n2)ccc1N1CCN(S(C)(=O)=O)CC1. The number of methoxy groups -OCH3 is 1. The maximum absolute atomic E-state index is 12.1. The summed E-state index contributed by atoms with van der Waals surface area (Å²) in [5.74, 6) is 1.37. The quantitative estimate of drug-likeness (QED) is 0.446. The Balaban J connectivity index is 1.43. The second-order valence-corrected chi connectivity index (χ2v) is 12.1. The van der Waals surface area contributed by atoms with E-state index in [0.717, 1.165) is 22.3 Å². The molecule has 3 aromatic rings. The van der Waals surface area contributed by atoms with Gasteiger partial charge in [0.05, 0.1) is 37.1 Å². The molecule has 0 saturated carbocycles. The Morgan fingerprint density at radius 3 is 2.53 bits per heavy atom. The molecule has 204 valence electrons. The number of rotatable bonds is 7. The minimum Gasteiger partial charge on any atom is -0.495 e. The molecule has 2 aromatic heterocycles. The van der Waals surface area contributed by atoms with Gasteiger partial charge in [0.25, 0.3) is 0 Å². The Hall–Kier alpha value is -3.38. The summed E-state index contributed by atoms with van der Waals surface area (Å²) in [7, 11) is 0.237. The molecule has 0 aliphatic carbocycles. The Morgan fingerprint density at radius 1 is 1.16 bits per heavy atom. The lowest BCUT2D eigenvalue weighted by Crippen LogP contribution is -2.48. The third kappa shape index (κ3) is 5.02. The van der Waals surface area contributed by atoms with E-state index >= 15 is 0 Å². The largest absolute Gasteiger partial charge is 0.495 e. The Bertz CT molecular complexity index is 1460. The molecule has 2 fully saturated rings. The van der Waals surface area contributed by atoms with Crippen molar-refractivity contribution in [1.82, 2.24) is 23.8 Å². The molecule has 1 aromatic carbocycles. The molecule has 2 atom stereocenters. The maximum Gasteiger partial charge on any atom is 0.241 e. The first-order valence-electron chi connectivity index (χ1n) is 12.7. The first kappa shape index (κ1) is 26.2. The predicted octanol–water partition coefficient (Wildman–Crippen LogP) is 2.04. The molecule has 2 saturated heterocycles. The number of carbonyl (C=O) groups excluding carboxylic acids is 1. The fourth-order valence-corrected chi connectivity index (χ4v) is 6.01. The fourth-order valence-electron chi connectivity index (χ4n) is 5.19. The molecule has 4 heterocycles. The summed E-state index contributed by atoms with van der Waals surface area (Å²) in [6.45, 7) is 6.63. The van der Waals surface area contributed by atoms with E-state index in [1.807, 2.05) is 45.3 Å². The predicted molar refractivity (Wildman–Crippen MR) is 144 cm³/mol. The number of carbonyl (C=O) groups is 1. The van der Waals surface area contributed by atoms with E-state index in [-0.39, 0.29) is 17.9 Å². The average molecular weight is 543 g/mol. The molecule has 38 heavy (non-hydrogen) atoms. The summed E-state index contributed by atoms with van der Waals surface area (Å²) < 4.78 is 39.2. The van der Waals surface area contributed by atoms with E-state index in [9.17, 15) is 13.2 Å². The van der Waals surface area contributed by atoms with Gasteiger partial charge >= 0.3 is 0 Å². The van der Waals surface area contributed by atoms with E-state index in [1.165, 1.54) is 10.6 Å². The van der Waals surface area contributed by atoms with Crippen LogP contribution in [0.15, 0.2) is 30.6 Å². The number of sulfonamides is 1. The monoisotopic (exact) mass is 542 g/mol. The molecule has 0 bridgehead atoms. The lowest BCUT2D eigenvalue weighted by molar-refractivity contribution is -0.126. The van der Waals surface area contributed by atoms with Gasteiger partial charge in [-0.2, -0.15) is 9.40 Å². The normalized spacial score (nSPS) is 19.8. The molecule has 11 nitrogen and oxygen atoms in total. The smallest absolute Gasteiger partial charge is 0.241 e. The number of fused-ring (bicyclic) bond motifs is 1. The summed E-state index contributed by atoms with van der Waals surface area (Å²) in [4.78, 5) is 20.8. The third-order valence-corrected chi connectivity index (χ3v) is 8.81. The third-order valence-electron chi connectivity index (χ3n) is 7.50. The van der Waals surface area contributed by atoms with Crippen LogP contribution in [0, 0.1) is 12.8 Å². The number of ether oxygens (including phenoxy) is 2. The number of piperazine rings is 1. The minimum absolute atomic E-state index is 0.0868. The van der Waals surface area contributed by atoms with Gasteiger partial charge < -0.3 is 19.3 Å².